The molecule has 19 heavy (non-hydrogen) atoms. The van der Waals surface area contributed by atoms with Gasteiger partial charge in [-0.3, -0.25) is 9.69 Å². The van der Waals surface area contributed by atoms with Crippen LogP contribution in [0.3, 0.4) is 0 Å². The third-order valence-electron chi connectivity index (χ3n) is 2.86. The highest BCUT2D eigenvalue weighted by Crippen LogP contribution is 2.22. The Hall–Kier alpha value is -1.51. The highest BCUT2D eigenvalue weighted by molar-refractivity contribution is 5.81. The van der Waals surface area contributed by atoms with E-state index in [1.165, 1.54) is 4.90 Å². The minimum atomic E-state index is -4.30. The number of alkyl halides is 3. The predicted octanol–water partition coefficient (Wildman–Crippen LogP) is 0.220. The van der Waals surface area contributed by atoms with Crippen molar-refractivity contribution in [3.8, 4) is 0 Å². The molecule has 1 saturated heterocycles. The van der Waals surface area contributed by atoms with E-state index in [-0.39, 0.29) is 12.4 Å². The lowest BCUT2D eigenvalue weighted by molar-refractivity contribution is -0.150. The summed E-state index contributed by atoms with van der Waals surface area (Å²) in [5, 5.41) is 11.3. The normalized spacial score (nSPS) is 18.7. The number of nitrogens with zero attached hydrogens (tertiary/aromatic N) is 3. The third-order valence-corrected chi connectivity index (χ3v) is 2.86. The number of oxime groups is 1. The van der Waals surface area contributed by atoms with Crippen LogP contribution in [0.2, 0.25) is 0 Å². The third kappa shape index (κ3) is 5.77. The Morgan fingerprint density at radius 3 is 2.32 bits per heavy atom. The SMILES string of the molecule is NC(CN1CCN(C(=O)CCC(F)(F)F)CC1)=NO. The number of piperazine rings is 1. The first-order valence-electron chi connectivity index (χ1n) is 5.85. The second kappa shape index (κ2) is 6.60. The lowest BCUT2D eigenvalue weighted by Crippen LogP contribution is -2.50. The summed E-state index contributed by atoms with van der Waals surface area (Å²) < 4.78 is 36.0. The van der Waals surface area contributed by atoms with E-state index in [1.807, 2.05) is 4.90 Å². The molecule has 1 fully saturated rings. The molecule has 0 unspecified atom stereocenters. The van der Waals surface area contributed by atoms with Gasteiger partial charge in [0.2, 0.25) is 5.91 Å². The van der Waals surface area contributed by atoms with Gasteiger partial charge in [0.15, 0.2) is 5.84 Å². The van der Waals surface area contributed by atoms with E-state index >= 15 is 0 Å². The van der Waals surface area contributed by atoms with E-state index in [1.54, 1.807) is 0 Å². The summed E-state index contributed by atoms with van der Waals surface area (Å²) in [5.74, 6) is -0.419. The van der Waals surface area contributed by atoms with Crippen molar-refractivity contribution < 1.29 is 23.2 Å². The van der Waals surface area contributed by atoms with Gasteiger partial charge < -0.3 is 15.8 Å². The van der Waals surface area contributed by atoms with Crippen molar-refractivity contribution in [2.45, 2.75) is 19.0 Å². The van der Waals surface area contributed by atoms with Crippen LogP contribution in [0, 0.1) is 0 Å². The van der Waals surface area contributed by atoms with Crippen LogP contribution in [-0.4, -0.2) is 65.6 Å². The Morgan fingerprint density at radius 2 is 1.84 bits per heavy atom. The molecule has 0 aliphatic carbocycles. The monoisotopic (exact) mass is 282 g/mol. The maximum Gasteiger partial charge on any atom is 0.389 e. The van der Waals surface area contributed by atoms with Crippen LogP contribution in [0.25, 0.3) is 0 Å². The van der Waals surface area contributed by atoms with E-state index < -0.39 is 24.9 Å². The van der Waals surface area contributed by atoms with Gasteiger partial charge in [-0.05, 0) is 0 Å². The van der Waals surface area contributed by atoms with Crippen LogP contribution in [0.5, 0.6) is 0 Å². The first kappa shape index (κ1) is 15.5. The fraction of sp³-hybridized carbons (Fsp3) is 0.800. The number of carbonyl (C=O) groups is 1. The molecule has 3 N–H and O–H groups in total. The molecular weight excluding hydrogens is 265 g/mol. The topological polar surface area (TPSA) is 82.2 Å². The van der Waals surface area contributed by atoms with Crippen LogP contribution in [0.15, 0.2) is 5.16 Å². The molecule has 0 spiro atoms. The van der Waals surface area contributed by atoms with E-state index in [0.29, 0.717) is 26.2 Å². The van der Waals surface area contributed by atoms with Gasteiger partial charge in [0, 0.05) is 32.6 Å². The summed E-state index contributed by atoms with van der Waals surface area (Å²) in [4.78, 5) is 14.8. The lowest BCUT2D eigenvalue weighted by Gasteiger charge is -2.34. The number of hydrogen-bond acceptors (Lipinski definition) is 4. The molecule has 0 aromatic heterocycles. The van der Waals surface area contributed by atoms with Crippen molar-refractivity contribution in [3.63, 3.8) is 0 Å². The van der Waals surface area contributed by atoms with E-state index in [2.05, 4.69) is 5.16 Å². The Morgan fingerprint density at radius 1 is 1.26 bits per heavy atom. The van der Waals surface area contributed by atoms with Crippen molar-refractivity contribution in [1.29, 1.82) is 0 Å². The second-order valence-electron chi connectivity index (χ2n) is 4.36. The summed E-state index contributed by atoms with van der Waals surface area (Å²) >= 11 is 0. The maximum atomic E-state index is 12.0. The van der Waals surface area contributed by atoms with Gasteiger partial charge in [-0.15, -0.1) is 0 Å². The molecule has 0 saturated carbocycles. The minimum Gasteiger partial charge on any atom is -0.409 e. The zero-order valence-electron chi connectivity index (χ0n) is 10.4. The number of halogens is 3. The summed E-state index contributed by atoms with van der Waals surface area (Å²) in [5.41, 5.74) is 5.35. The van der Waals surface area contributed by atoms with Crippen molar-refractivity contribution >= 4 is 11.7 Å². The highest BCUT2D eigenvalue weighted by atomic mass is 19.4. The van der Waals surface area contributed by atoms with Crippen molar-refractivity contribution in [2.75, 3.05) is 32.7 Å². The Balaban J connectivity index is 2.31. The van der Waals surface area contributed by atoms with Crippen LogP contribution in [0.4, 0.5) is 13.2 Å². The molecule has 1 aliphatic rings. The number of rotatable bonds is 4. The van der Waals surface area contributed by atoms with Gasteiger partial charge in [0.05, 0.1) is 13.0 Å². The Labute approximate surface area is 108 Å². The first-order valence-corrected chi connectivity index (χ1v) is 5.85. The molecule has 1 heterocycles. The number of carbonyl (C=O) groups excluding carboxylic acids is 1. The molecule has 0 aromatic rings. The van der Waals surface area contributed by atoms with Gasteiger partial charge in [-0.2, -0.15) is 13.2 Å². The molecule has 9 heteroatoms. The molecule has 0 bridgehead atoms. The van der Waals surface area contributed by atoms with Crippen LogP contribution in [-0.2, 0) is 4.79 Å². The summed E-state index contributed by atoms with van der Waals surface area (Å²) in [6.45, 7) is 1.98. The fourth-order valence-corrected chi connectivity index (χ4v) is 1.82. The quantitative estimate of drug-likeness (QED) is 0.334. The Bertz CT molecular complexity index is 338. The van der Waals surface area contributed by atoms with Crippen LogP contribution >= 0.6 is 0 Å². The molecule has 1 rings (SSSR count). The number of amidine groups is 1. The van der Waals surface area contributed by atoms with Gasteiger partial charge >= 0.3 is 6.18 Å². The first-order chi connectivity index (χ1) is 8.81. The lowest BCUT2D eigenvalue weighted by atomic mass is 10.2. The van der Waals surface area contributed by atoms with E-state index in [4.69, 9.17) is 10.9 Å². The van der Waals surface area contributed by atoms with Crippen LogP contribution in [0.1, 0.15) is 12.8 Å². The number of hydrogen-bond donors (Lipinski definition) is 2. The predicted molar refractivity (Wildman–Crippen MR) is 61.7 cm³/mol. The van der Waals surface area contributed by atoms with E-state index in [9.17, 15) is 18.0 Å². The standard InChI is InChI=1S/C10H17F3N4O2/c11-10(12,13)2-1-9(18)17-5-3-16(4-6-17)7-8(14)15-19/h19H,1-7H2,(H2,14,15). The molecule has 0 atom stereocenters. The summed E-state index contributed by atoms with van der Waals surface area (Å²) in [6, 6.07) is 0. The highest BCUT2D eigenvalue weighted by Gasteiger charge is 2.30. The average Bonchev–Trinajstić information content (AvgIpc) is 2.36. The molecule has 0 radical (unpaired) electrons. The molecule has 6 nitrogen and oxygen atoms in total. The smallest absolute Gasteiger partial charge is 0.389 e. The maximum absolute atomic E-state index is 12.0. The summed E-state index contributed by atoms with van der Waals surface area (Å²) in [6.07, 6.45) is -5.90. The zero-order valence-corrected chi connectivity index (χ0v) is 10.4. The molecule has 110 valence electrons. The number of amides is 1. The number of nitrogens with two attached hydrogens (primary N) is 1. The zero-order chi connectivity index (χ0) is 14.5. The van der Waals surface area contributed by atoms with Crippen molar-refractivity contribution in [1.82, 2.24) is 9.80 Å². The Kier molecular flexibility index (Phi) is 5.40. The fourth-order valence-electron chi connectivity index (χ4n) is 1.82. The van der Waals surface area contributed by atoms with Gasteiger partial charge in [0.25, 0.3) is 0 Å². The molecule has 1 amide bonds. The van der Waals surface area contributed by atoms with Crippen molar-refractivity contribution in [3.05, 3.63) is 0 Å². The molecular formula is C10H17F3N4O2. The largest absolute Gasteiger partial charge is 0.409 e. The van der Waals surface area contributed by atoms with Gasteiger partial charge in [-0.1, -0.05) is 5.16 Å². The molecule has 0 aromatic carbocycles. The second-order valence-corrected chi connectivity index (χ2v) is 4.36. The van der Waals surface area contributed by atoms with Gasteiger partial charge in [-0.25, -0.2) is 0 Å². The van der Waals surface area contributed by atoms with E-state index in [0.717, 1.165) is 0 Å². The average molecular weight is 282 g/mol. The van der Waals surface area contributed by atoms with Crippen LogP contribution < -0.4 is 5.73 Å². The summed E-state index contributed by atoms with van der Waals surface area (Å²) in [7, 11) is 0. The molecule has 1 aliphatic heterocycles. The van der Waals surface area contributed by atoms with Gasteiger partial charge in [0.1, 0.15) is 0 Å². The van der Waals surface area contributed by atoms with Crippen molar-refractivity contribution in [2.24, 2.45) is 10.9 Å². The minimum absolute atomic E-state index is 0.0665.